The molecule has 6 N–H and O–H groups in total. The average Bonchev–Trinajstić information content (AvgIpc) is 2.25. The summed E-state index contributed by atoms with van der Waals surface area (Å²) in [5, 5.41) is 5.95. The van der Waals surface area contributed by atoms with Crippen LogP contribution in [0, 0.1) is 0 Å². The van der Waals surface area contributed by atoms with Crippen LogP contribution >= 0.6 is 0 Å². The molecular formula is C9H18N6O. The zero-order valence-corrected chi connectivity index (χ0v) is 9.58. The van der Waals surface area contributed by atoms with Crippen LogP contribution in [-0.2, 0) is 0 Å². The number of hydrogen-bond donors (Lipinski definition) is 4. The van der Waals surface area contributed by atoms with Crippen LogP contribution < -0.4 is 26.8 Å². The van der Waals surface area contributed by atoms with Gasteiger partial charge in [0.15, 0.2) is 5.82 Å². The van der Waals surface area contributed by atoms with Crippen LogP contribution in [0.1, 0.15) is 6.92 Å². The Hall–Kier alpha value is -1.76. The summed E-state index contributed by atoms with van der Waals surface area (Å²) in [7, 11) is 1.84. The van der Waals surface area contributed by atoms with E-state index >= 15 is 0 Å². The molecule has 0 spiro atoms. The fourth-order valence-electron chi connectivity index (χ4n) is 1.13. The van der Waals surface area contributed by atoms with E-state index in [1.54, 1.807) is 0 Å². The molecule has 0 unspecified atom stereocenters. The van der Waals surface area contributed by atoms with Gasteiger partial charge in [0.25, 0.3) is 0 Å². The highest BCUT2D eigenvalue weighted by molar-refractivity contribution is 5.68. The molecule has 1 heterocycles. The molecule has 0 radical (unpaired) electrons. The summed E-state index contributed by atoms with van der Waals surface area (Å²) in [5.41, 5.74) is 11.8. The van der Waals surface area contributed by atoms with Crippen molar-refractivity contribution in [3.05, 3.63) is 0 Å². The van der Waals surface area contributed by atoms with E-state index < -0.39 is 0 Å². The van der Waals surface area contributed by atoms with Crippen LogP contribution in [0.5, 0.6) is 5.88 Å². The van der Waals surface area contributed by atoms with Crippen molar-refractivity contribution in [1.29, 1.82) is 0 Å². The number of likely N-dealkylation sites (N-methyl/N-ethyl adjacent to an activating group) is 1. The van der Waals surface area contributed by atoms with Crippen LogP contribution in [0.3, 0.4) is 0 Å². The molecule has 0 fully saturated rings. The summed E-state index contributed by atoms with van der Waals surface area (Å²) < 4.78 is 5.39. The van der Waals surface area contributed by atoms with Crippen molar-refractivity contribution in [2.24, 2.45) is 0 Å². The number of rotatable bonds is 6. The summed E-state index contributed by atoms with van der Waals surface area (Å²) in [6, 6.07) is 0. The quantitative estimate of drug-likeness (QED) is 0.491. The normalized spacial score (nSPS) is 10.1. The predicted molar refractivity (Wildman–Crippen MR) is 64.4 cm³/mol. The van der Waals surface area contributed by atoms with Gasteiger partial charge in [-0.3, -0.25) is 0 Å². The van der Waals surface area contributed by atoms with E-state index in [0.717, 1.165) is 0 Å². The van der Waals surface area contributed by atoms with Gasteiger partial charge in [-0.25, -0.2) is 0 Å². The number of aromatic nitrogens is 2. The molecule has 16 heavy (non-hydrogen) atoms. The first kappa shape index (κ1) is 12.3. The number of nitrogens with zero attached hydrogens (tertiary/aromatic N) is 2. The highest BCUT2D eigenvalue weighted by Crippen LogP contribution is 2.26. The SMILES string of the molecule is CCNc1nc(N)nc(OCCNC)c1N. The van der Waals surface area contributed by atoms with Gasteiger partial charge in [-0.2, -0.15) is 9.97 Å². The standard InChI is InChI=1S/C9H18N6O/c1-3-13-7-6(10)8(15-9(11)14-7)16-5-4-12-2/h12H,3-5,10H2,1-2H3,(H3,11,13,14,15). The first-order valence-electron chi connectivity index (χ1n) is 5.13. The lowest BCUT2D eigenvalue weighted by Gasteiger charge is -2.11. The average molecular weight is 226 g/mol. The van der Waals surface area contributed by atoms with E-state index in [2.05, 4.69) is 20.6 Å². The highest BCUT2D eigenvalue weighted by Gasteiger charge is 2.10. The Bertz CT molecular complexity index is 343. The van der Waals surface area contributed by atoms with E-state index in [1.165, 1.54) is 0 Å². The van der Waals surface area contributed by atoms with Crippen LogP contribution in [0.2, 0.25) is 0 Å². The smallest absolute Gasteiger partial charge is 0.244 e. The first-order valence-corrected chi connectivity index (χ1v) is 5.13. The number of ether oxygens (including phenoxy) is 1. The lowest BCUT2D eigenvalue weighted by atomic mass is 10.4. The van der Waals surface area contributed by atoms with E-state index in [9.17, 15) is 0 Å². The predicted octanol–water partition coefficient (Wildman–Crippen LogP) is -0.329. The summed E-state index contributed by atoms with van der Waals surface area (Å²) in [6.07, 6.45) is 0. The van der Waals surface area contributed by atoms with Crippen molar-refractivity contribution in [3.8, 4) is 5.88 Å². The molecule has 1 aromatic heterocycles. The molecule has 7 heteroatoms. The molecule has 0 amide bonds. The van der Waals surface area contributed by atoms with E-state index in [0.29, 0.717) is 37.1 Å². The first-order chi connectivity index (χ1) is 7.69. The molecule has 0 saturated carbocycles. The van der Waals surface area contributed by atoms with Gasteiger partial charge in [-0.05, 0) is 14.0 Å². The maximum Gasteiger partial charge on any atom is 0.244 e. The third-order valence-corrected chi connectivity index (χ3v) is 1.86. The molecular weight excluding hydrogens is 208 g/mol. The molecule has 1 aromatic rings. The Balaban J connectivity index is 2.81. The monoisotopic (exact) mass is 226 g/mol. The Morgan fingerprint density at radius 2 is 2.06 bits per heavy atom. The molecule has 0 saturated heterocycles. The van der Waals surface area contributed by atoms with Crippen molar-refractivity contribution < 1.29 is 4.74 Å². The Kier molecular flexibility index (Phi) is 4.59. The lowest BCUT2D eigenvalue weighted by molar-refractivity contribution is 0.308. The number of nitrogen functional groups attached to an aromatic ring is 2. The highest BCUT2D eigenvalue weighted by atomic mass is 16.5. The largest absolute Gasteiger partial charge is 0.475 e. The van der Waals surface area contributed by atoms with Gasteiger partial charge >= 0.3 is 0 Å². The minimum absolute atomic E-state index is 0.143. The van der Waals surface area contributed by atoms with Crippen molar-refractivity contribution in [2.45, 2.75) is 6.92 Å². The van der Waals surface area contributed by atoms with Crippen molar-refractivity contribution in [2.75, 3.05) is 43.5 Å². The molecule has 90 valence electrons. The topological polar surface area (TPSA) is 111 Å². The molecule has 7 nitrogen and oxygen atoms in total. The third-order valence-electron chi connectivity index (χ3n) is 1.86. The summed E-state index contributed by atoms with van der Waals surface area (Å²) in [6.45, 7) is 3.83. The minimum Gasteiger partial charge on any atom is -0.475 e. The van der Waals surface area contributed by atoms with Crippen LogP contribution in [0.4, 0.5) is 17.5 Å². The number of nitrogens with two attached hydrogens (primary N) is 2. The fraction of sp³-hybridized carbons (Fsp3) is 0.556. The maximum atomic E-state index is 5.83. The van der Waals surface area contributed by atoms with Crippen LogP contribution in [-0.4, -0.2) is 36.7 Å². The molecule has 0 atom stereocenters. The Labute approximate surface area is 94.6 Å². The van der Waals surface area contributed by atoms with Gasteiger partial charge in [-0.1, -0.05) is 0 Å². The molecule has 0 aliphatic rings. The maximum absolute atomic E-state index is 5.83. The van der Waals surface area contributed by atoms with Gasteiger partial charge in [0.1, 0.15) is 12.3 Å². The van der Waals surface area contributed by atoms with E-state index in [-0.39, 0.29) is 5.95 Å². The van der Waals surface area contributed by atoms with Crippen molar-refractivity contribution in [3.63, 3.8) is 0 Å². The van der Waals surface area contributed by atoms with Crippen molar-refractivity contribution >= 4 is 17.5 Å². The van der Waals surface area contributed by atoms with E-state index in [1.807, 2.05) is 14.0 Å². The number of nitrogens with one attached hydrogen (secondary N) is 2. The van der Waals surface area contributed by atoms with Crippen LogP contribution in [0.15, 0.2) is 0 Å². The second kappa shape index (κ2) is 5.96. The minimum atomic E-state index is 0.143. The van der Waals surface area contributed by atoms with Crippen LogP contribution in [0.25, 0.3) is 0 Å². The zero-order valence-electron chi connectivity index (χ0n) is 9.58. The van der Waals surface area contributed by atoms with Gasteiger partial charge < -0.3 is 26.8 Å². The molecule has 0 aliphatic carbocycles. The summed E-state index contributed by atoms with van der Waals surface area (Å²) >= 11 is 0. The van der Waals surface area contributed by atoms with Gasteiger partial charge in [0.05, 0.1) is 0 Å². The Morgan fingerprint density at radius 3 is 2.69 bits per heavy atom. The number of anilines is 3. The lowest BCUT2D eigenvalue weighted by Crippen LogP contribution is -2.18. The summed E-state index contributed by atoms with van der Waals surface area (Å²) in [4.78, 5) is 7.93. The van der Waals surface area contributed by atoms with Crippen molar-refractivity contribution in [1.82, 2.24) is 15.3 Å². The van der Waals surface area contributed by atoms with E-state index in [4.69, 9.17) is 16.2 Å². The number of hydrogen-bond acceptors (Lipinski definition) is 7. The molecule has 0 bridgehead atoms. The second-order valence-electron chi connectivity index (χ2n) is 3.13. The van der Waals surface area contributed by atoms with Gasteiger partial charge in [0, 0.05) is 13.1 Å². The third kappa shape index (κ3) is 3.13. The Morgan fingerprint density at radius 1 is 1.31 bits per heavy atom. The summed E-state index contributed by atoms with van der Waals surface area (Å²) in [5.74, 6) is 0.970. The van der Waals surface area contributed by atoms with Gasteiger partial charge in [0.2, 0.25) is 11.8 Å². The molecule has 0 aliphatic heterocycles. The fourth-order valence-corrected chi connectivity index (χ4v) is 1.13. The van der Waals surface area contributed by atoms with Gasteiger partial charge in [-0.15, -0.1) is 0 Å². The second-order valence-corrected chi connectivity index (χ2v) is 3.13. The zero-order chi connectivity index (χ0) is 12.0. The molecule has 1 rings (SSSR count). The molecule has 0 aromatic carbocycles.